The van der Waals surface area contributed by atoms with Crippen molar-refractivity contribution in [2.45, 2.75) is 0 Å². The number of para-hydroxylation sites is 1. The van der Waals surface area contributed by atoms with Crippen LogP contribution in [0.25, 0.3) is 5.76 Å². The molecule has 10 nitrogen and oxygen atoms in total. The molecule has 174 valence electrons. The number of rotatable bonds is 6. The highest BCUT2D eigenvalue weighted by Gasteiger charge is 2.27. The summed E-state index contributed by atoms with van der Waals surface area (Å²) in [5.74, 6) is -0.419. The molecule has 1 aliphatic heterocycles. The zero-order valence-corrected chi connectivity index (χ0v) is 19.8. The number of nitrogens with one attached hydrogen (secondary N) is 1. The molecule has 0 spiro atoms. The summed E-state index contributed by atoms with van der Waals surface area (Å²) in [7, 11) is -2.69. The van der Waals surface area contributed by atoms with E-state index in [0.29, 0.717) is 16.0 Å². The zero-order chi connectivity index (χ0) is 24.5. The lowest BCUT2D eigenvalue weighted by Crippen LogP contribution is -2.18. The summed E-state index contributed by atoms with van der Waals surface area (Å²) in [6, 6.07) is 15.2. The zero-order valence-electron chi connectivity index (χ0n) is 17.4. The lowest BCUT2D eigenvalue weighted by atomic mass is 10.1. The van der Waals surface area contributed by atoms with Gasteiger partial charge in [0, 0.05) is 11.6 Å². The number of anilines is 1. The summed E-state index contributed by atoms with van der Waals surface area (Å²) in [5.41, 5.74) is -0.180. The van der Waals surface area contributed by atoms with Crippen LogP contribution in [-0.2, 0) is 14.8 Å². The molecule has 34 heavy (non-hydrogen) atoms. The van der Waals surface area contributed by atoms with E-state index in [1.54, 1.807) is 24.3 Å². The molecule has 1 aliphatic rings. The van der Waals surface area contributed by atoms with Gasteiger partial charge >= 0.3 is 11.7 Å². The van der Waals surface area contributed by atoms with Crippen molar-refractivity contribution in [3.8, 4) is 17.2 Å². The van der Waals surface area contributed by atoms with Gasteiger partial charge in [-0.2, -0.15) is 0 Å². The average molecular weight is 547 g/mol. The number of halogens is 1. The topological polar surface area (TPSA) is 134 Å². The number of nitro benzene ring substituents is 1. The Balaban J connectivity index is 1.68. The van der Waals surface area contributed by atoms with Crippen molar-refractivity contribution in [1.29, 1.82) is 0 Å². The Kier molecular flexibility index (Phi) is 6.26. The largest absolute Gasteiger partial charge is 0.490 e. The molecule has 0 aromatic heterocycles. The van der Waals surface area contributed by atoms with Crippen LogP contribution in [0.5, 0.6) is 17.2 Å². The lowest BCUT2D eigenvalue weighted by molar-refractivity contribution is -0.385. The fourth-order valence-electron chi connectivity index (χ4n) is 3.12. The van der Waals surface area contributed by atoms with Gasteiger partial charge in [0.25, 0.3) is 10.0 Å². The van der Waals surface area contributed by atoms with Crippen molar-refractivity contribution in [3.05, 3.63) is 91.8 Å². The fraction of sp³-hybridized carbons (Fsp3) is 0.0455. The molecule has 0 amide bonds. The van der Waals surface area contributed by atoms with Gasteiger partial charge in [-0.3, -0.25) is 14.8 Å². The Morgan fingerprint density at radius 3 is 2.53 bits per heavy atom. The van der Waals surface area contributed by atoms with Crippen LogP contribution in [0.4, 0.5) is 11.4 Å². The second kappa shape index (κ2) is 9.15. The van der Waals surface area contributed by atoms with Crippen molar-refractivity contribution < 1.29 is 32.3 Å². The maximum Gasteiger partial charge on any atom is 0.343 e. The van der Waals surface area contributed by atoms with E-state index in [-0.39, 0.29) is 28.3 Å². The number of benzene rings is 3. The SMILES string of the molecule is COc1ccc(C(=O)OC2=CS(=O)(=O)Nc3ccc(Oc4ccccc4Br)cc32)cc1[N+](=O)[O-]. The van der Waals surface area contributed by atoms with Crippen molar-refractivity contribution in [1.82, 2.24) is 0 Å². The highest BCUT2D eigenvalue weighted by molar-refractivity contribution is 9.10. The van der Waals surface area contributed by atoms with Gasteiger partial charge in [0.15, 0.2) is 11.5 Å². The Morgan fingerprint density at radius 2 is 1.82 bits per heavy atom. The fourth-order valence-corrected chi connectivity index (χ4v) is 4.48. The third-order valence-corrected chi connectivity index (χ3v) is 6.33. The van der Waals surface area contributed by atoms with E-state index >= 15 is 0 Å². The molecule has 1 N–H and O–H groups in total. The first-order valence-corrected chi connectivity index (χ1v) is 11.9. The Hall–Kier alpha value is -3.90. The van der Waals surface area contributed by atoms with E-state index in [2.05, 4.69) is 20.7 Å². The monoisotopic (exact) mass is 546 g/mol. The minimum atomic E-state index is -3.95. The minimum absolute atomic E-state index is 0.0376. The van der Waals surface area contributed by atoms with Gasteiger partial charge < -0.3 is 14.2 Å². The molecule has 1 heterocycles. The van der Waals surface area contributed by atoms with Crippen LogP contribution in [0.15, 0.2) is 70.5 Å². The highest BCUT2D eigenvalue weighted by Crippen LogP contribution is 2.37. The van der Waals surface area contributed by atoms with Crippen LogP contribution in [0.3, 0.4) is 0 Å². The molecule has 0 bridgehead atoms. The van der Waals surface area contributed by atoms with Crippen molar-refractivity contribution in [2.24, 2.45) is 0 Å². The number of nitro groups is 1. The molecule has 3 aromatic rings. The van der Waals surface area contributed by atoms with Gasteiger partial charge in [0.2, 0.25) is 0 Å². The van der Waals surface area contributed by atoms with Crippen molar-refractivity contribution in [3.63, 3.8) is 0 Å². The predicted octanol–water partition coefficient (Wildman–Crippen LogP) is 5.07. The second-order valence-electron chi connectivity index (χ2n) is 6.90. The van der Waals surface area contributed by atoms with Crippen molar-refractivity contribution in [2.75, 3.05) is 11.8 Å². The van der Waals surface area contributed by atoms with E-state index in [1.807, 2.05) is 6.07 Å². The van der Waals surface area contributed by atoms with Gasteiger partial charge in [-0.25, -0.2) is 13.2 Å². The molecule has 0 aliphatic carbocycles. The summed E-state index contributed by atoms with van der Waals surface area (Å²) in [6.45, 7) is 0. The van der Waals surface area contributed by atoms with Gasteiger partial charge in [-0.15, -0.1) is 0 Å². The molecule has 0 fully saturated rings. The number of hydrogen-bond donors (Lipinski definition) is 1. The normalized spacial score (nSPS) is 13.6. The molecule has 0 saturated heterocycles. The lowest BCUT2D eigenvalue weighted by Gasteiger charge is -2.20. The summed E-state index contributed by atoms with van der Waals surface area (Å²) < 4.78 is 43.7. The molecule has 0 unspecified atom stereocenters. The highest BCUT2D eigenvalue weighted by atomic mass is 79.9. The number of carbonyl (C=O) groups excluding carboxylic acids is 1. The van der Waals surface area contributed by atoms with E-state index in [4.69, 9.17) is 14.2 Å². The number of sulfonamides is 1. The van der Waals surface area contributed by atoms with E-state index < -0.39 is 26.6 Å². The molecular formula is C22H15BrN2O8S. The van der Waals surface area contributed by atoms with Crippen LogP contribution < -0.4 is 14.2 Å². The smallest absolute Gasteiger partial charge is 0.343 e. The van der Waals surface area contributed by atoms with Crippen LogP contribution in [0.2, 0.25) is 0 Å². The average Bonchev–Trinajstić information content (AvgIpc) is 2.79. The van der Waals surface area contributed by atoms with Crippen LogP contribution in [0.1, 0.15) is 15.9 Å². The number of esters is 1. The summed E-state index contributed by atoms with van der Waals surface area (Å²) in [4.78, 5) is 23.3. The Bertz CT molecular complexity index is 1450. The van der Waals surface area contributed by atoms with E-state index in [0.717, 1.165) is 11.5 Å². The number of carbonyl (C=O) groups is 1. The number of fused-ring (bicyclic) bond motifs is 1. The third kappa shape index (κ3) is 4.87. The molecular weight excluding hydrogens is 532 g/mol. The summed E-state index contributed by atoms with van der Waals surface area (Å²) >= 11 is 3.39. The minimum Gasteiger partial charge on any atom is -0.490 e. The van der Waals surface area contributed by atoms with Gasteiger partial charge in [0.1, 0.15) is 11.5 Å². The summed E-state index contributed by atoms with van der Waals surface area (Å²) in [5, 5.41) is 12.0. The van der Waals surface area contributed by atoms with E-state index in [1.165, 1.54) is 31.4 Å². The Labute approximate surface area is 202 Å². The number of ether oxygens (including phenoxy) is 3. The van der Waals surface area contributed by atoms with Crippen molar-refractivity contribution >= 4 is 49.1 Å². The first-order chi connectivity index (χ1) is 16.2. The quantitative estimate of drug-likeness (QED) is 0.257. The third-order valence-electron chi connectivity index (χ3n) is 4.65. The number of methoxy groups -OCH3 is 1. The standard InChI is InChI=1S/C22H15BrN2O8S/c1-31-20-9-6-13(10-18(20)25(27)28)22(26)33-21-12-34(29,30)24-17-8-7-14(11-15(17)21)32-19-5-3-2-4-16(19)23/h2-12,24H,1H3. The summed E-state index contributed by atoms with van der Waals surface area (Å²) in [6.07, 6.45) is 0. The van der Waals surface area contributed by atoms with Gasteiger partial charge in [-0.05, 0) is 58.4 Å². The molecule has 3 aromatic carbocycles. The Morgan fingerprint density at radius 1 is 1.06 bits per heavy atom. The van der Waals surface area contributed by atoms with E-state index in [9.17, 15) is 23.3 Å². The maximum absolute atomic E-state index is 12.7. The molecule has 0 saturated carbocycles. The number of nitrogens with zero attached hydrogens (tertiary/aromatic N) is 1. The molecule has 12 heteroatoms. The molecule has 0 atom stereocenters. The maximum atomic E-state index is 12.7. The predicted molar refractivity (Wildman–Crippen MR) is 126 cm³/mol. The second-order valence-corrected chi connectivity index (χ2v) is 9.29. The molecule has 4 rings (SSSR count). The van der Waals surface area contributed by atoms with Gasteiger partial charge in [-0.1, -0.05) is 12.1 Å². The first-order valence-electron chi connectivity index (χ1n) is 9.53. The van der Waals surface area contributed by atoms with Gasteiger partial charge in [0.05, 0.1) is 33.2 Å². The first kappa shape index (κ1) is 23.3. The number of hydrogen-bond acceptors (Lipinski definition) is 8. The van der Waals surface area contributed by atoms with Crippen LogP contribution >= 0.6 is 15.9 Å². The molecule has 0 radical (unpaired) electrons. The van der Waals surface area contributed by atoms with Crippen LogP contribution in [-0.4, -0.2) is 26.4 Å². The van der Waals surface area contributed by atoms with Crippen LogP contribution in [0, 0.1) is 10.1 Å².